The zero-order valence-corrected chi connectivity index (χ0v) is 12.2. The summed E-state index contributed by atoms with van der Waals surface area (Å²) >= 11 is 0. The summed E-state index contributed by atoms with van der Waals surface area (Å²) in [6, 6.07) is 0.985. The third kappa shape index (κ3) is 3.96. The lowest BCUT2D eigenvalue weighted by atomic mass is 9.85. The molecule has 1 saturated heterocycles. The van der Waals surface area contributed by atoms with Gasteiger partial charge in [0.25, 0.3) is 0 Å². The van der Waals surface area contributed by atoms with Crippen LogP contribution in [0.5, 0.6) is 0 Å². The quantitative estimate of drug-likeness (QED) is 0.649. The van der Waals surface area contributed by atoms with Crippen LogP contribution in [-0.4, -0.2) is 23.1 Å². The second-order valence-electron chi connectivity index (χ2n) is 6.08. The number of nitrogens with one attached hydrogen (secondary N) is 1. The maximum absolute atomic E-state index is 12.9. The number of nitrogen functional groups attached to an aromatic ring is 1. The predicted octanol–water partition coefficient (Wildman–Crippen LogP) is 2.80. The molecule has 0 bridgehead atoms. The van der Waals surface area contributed by atoms with Gasteiger partial charge < -0.3 is 4.90 Å². The number of nitrogens with zero attached hydrogens (tertiary/aromatic N) is 3. The maximum atomic E-state index is 12.9. The van der Waals surface area contributed by atoms with E-state index in [1.165, 1.54) is 0 Å². The van der Waals surface area contributed by atoms with Crippen molar-refractivity contribution in [2.24, 2.45) is 11.3 Å². The molecule has 0 atom stereocenters. The van der Waals surface area contributed by atoms with Gasteiger partial charge in [-0.1, -0.05) is 13.8 Å². The number of halogens is 3. The van der Waals surface area contributed by atoms with Crippen LogP contribution in [0.15, 0.2) is 6.07 Å². The van der Waals surface area contributed by atoms with E-state index >= 15 is 0 Å². The minimum Gasteiger partial charge on any atom is -0.356 e. The van der Waals surface area contributed by atoms with Gasteiger partial charge >= 0.3 is 6.18 Å². The first-order valence-electron chi connectivity index (χ1n) is 6.89. The van der Waals surface area contributed by atoms with Crippen molar-refractivity contribution in [2.45, 2.75) is 39.3 Å². The van der Waals surface area contributed by atoms with Crippen molar-refractivity contribution >= 4 is 11.8 Å². The zero-order chi connectivity index (χ0) is 15.7. The number of aromatic nitrogens is 2. The van der Waals surface area contributed by atoms with Gasteiger partial charge in [-0.15, -0.1) is 0 Å². The van der Waals surface area contributed by atoms with Gasteiger partial charge in [0.05, 0.1) is 0 Å². The van der Waals surface area contributed by atoms with E-state index in [9.17, 15) is 13.2 Å². The fraction of sp³-hybridized carbons (Fsp3) is 0.692. The molecular formula is C13H20F3N5. The molecule has 0 saturated carbocycles. The van der Waals surface area contributed by atoms with Gasteiger partial charge in [0.2, 0.25) is 5.95 Å². The van der Waals surface area contributed by atoms with E-state index < -0.39 is 11.9 Å². The smallest absolute Gasteiger partial charge is 0.356 e. The molecule has 1 fully saturated rings. The zero-order valence-electron chi connectivity index (χ0n) is 12.2. The first-order valence-corrected chi connectivity index (χ1v) is 6.89. The summed E-state index contributed by atoms with van der Waals surface area (Å²) in [5, 5.41) is 0. The van der Waals surface area contributed by atoms with Gasteiger partial charge in [0, 0.05) is 19.2 Å². The Morgan fingerprint density at radius 2 is 1.95 bits per heavy atom. The number of hydrazine groups is 1. The van der Waals surface area contributed by atoms with Crippen molar-refractivity contribution in [1.29, 1.82) is 0 Å². The molecule has 21 heavy (non-hydrogen) atoms. The Morgan fingerprint density at radius 3 is 2.57 bits per heavy atom. The molecule has 1 aromatic heterocycles. The fourth-order valence-electron chi connectivity index (χ4n) is 2.46. The Labute approximate surface area is 121 Å². The molecule has 1 aromatic rings. The summed E-state index contributed by atoms with van der Waals surface area (Å²) in [7, 11) is 0. The van der Waals surface area contributed by atoms with Gasteiger partial charge in [-0.25, -0.2) is 10.8 Å². The topological polar surface area (TPSA) is 67.1 Å². The molecule has 0 radical (unpaired) electrons. The maximum Gasteiger partial charge on any atom is 0.433 e. The van der Waals surface area contributed by atoms with Crippen LogP contribution in [0, 0.1) is 5.41 Å². The molecule has 1 aliphatic rings. The van der Waals surface area contributed by atoms with Gasteiger partial charge in [0.1, 0.15) is 5.82 Å². The highest BCUT2D eigenvalue weighted by Crippen LogP contribution is 2.34. The van der Waals surface area contributed by atoms with Crippen LogP contribution in [0.1, 0.15) is 38.8 Å². The average molecular weight is 303 g/mol. The minimum atomic E-state index is -4.52. The summed E-state index contributed by atoms with van der Waals surface area (Å²) in [4.78, 5) is 9.30. The van der Waals surface area contributed by atoms with Crippen molar-refractivity contribution in [3.63, 3.8) is 0 Å². The standard InChI is InChI=1S/C13H20F3N5/c1-12(2)4-3-6-21(7-5-12)10-8-9(13(14,15)16)18-11(19-10)20-17/h8H,3-7,17H2,1-2H3,(H,18,19,20). The summed E-state index contributed by atoms with van der Waals surface area (Å²) in [6.45, 7) is 5.70. The summed E-state index contributed by atoms with van der Waals surface area (Å²) in [5.41, 5.74) is 1.32. The van der Waals surface area contributed by atoms with Crippen molar-refractivity contribution < 1.29 is 13.2 Å². The molecule has 2 rings (SSSR count). The van der Waals surface area contributed by atoms with Crippen LogP contribution in [0.25, 0.3) is 0 Å². The van der Waals surface area contributed by atoms with E-state index in [2.05, 4.69) is 29.2 Å². The number of hydrogen-bond donors (Lipinski definition) is 2. The number of hydrogen-bond acceptors (Lipinski definition) is 5. The van der Waals surface area contributed by atoms with Crippen LogP contribution in [0.4, 0.5) is 24.9 Å². The van der Waals surface area contributed by atoms with Crippen LogP contribution >= 0.6 is 0 Å². The van der Waals surface area contributed by atoms with Gasteiger partial charge in [0.15, 0.2) is 5.69 Å². The largest absolute Gasteiger partial charge is 0.433 e. The Bertz CT molecular complexity index is 501. The lowest BCUT2D eigenvalue weighted by Crippen LogP contribution is -2.27. The number of anilines is 2. The lowest BCUT2D eigenvalue weighted by Gasteiger charge is -2.24. The molecule has 0 amide bonds. The summed E-state index contributed by atoms with van der Waals surface area (Å²) < 4.78 is 38.6. The highest BCUT2D eigenvalue weighted by Gasteiger charge is 2.34. The molecule has 118 valence electrons. The number of alkyl halides is 3. The van der Waals surface area contributed by atoms with Gasteiger partial charge in [-0.3, -0.25) is 5.43 Å². The molecule has 0 aromatic carbocycles. The molecule has 0 aliphatic carbocycles. The van der Waals surface area contributed by atoms with Crippen LogP contribution in [-0.2, 0) is 6.18 Å². The van der Waals surface area contributed by atoms with Crippen molar-refractivity contribution in [3.05, 3.63) is 11.8 Å². The highest BCUT2D eigenvalue weighted by molar-refractivity contribution is 5.45. The summed E-state index contributed by atoms with van der Waals surface area (Å²) in [5.74, 6) is 5.22. The van der Waals surface area contributed by atoms with Crippen molar-refractivity contribution in [3.8, 4) is 0 Å². The van der Waals surface area contributed by atoms with E-state index in [-0.39, 0.29) is 17.2 Å². The second kappa shape index (κ2) is 5.67. The summed E-state index contributed by atoms with van der Waals surface area (Å²) in [6.07, 6.45) is -1.65. The normalized spacial score (nSPS) is 19.2. The Kier molecular flexibility index (Phi) is 4.27. The molecule has 2 heterocycles. The van der Waals surface area contributed by atoms with E-state index in [1.807, 2.05) is 4.90 Å². The van der Waals surface area contributed by atoms with Crippen LogP contribution in [0.2, 0.25) is 0 Å². The molecule has 5 nitrogen and oxygen atoms in total. The number of rotatable bonds is 2. The van der Waals surface area contributed by atoms with Crippen LogP contribution in [0.3, 0.4) is 0 Å². The van der Waals surface area contributed by atoms with E-state index in [1.54, 1.807) is 0 Å². The molecule has 8 heteroatoms. The molecule has 1 aliphatic heterocycles. The van der Waals surface area contributed by atoms with Crippen molar-refractivity contribution in [1.82, 2.24) is 9.97 Å². The van der Waals surface area contributed by atoms with Gasteiger partial charge in [-0.2, -0.15) is 18.2 Å². The van der Waals surface area contributed by atoms with Gasteiger partial charge in [-0.05, 0) is 24.7 Å². The monoisotopic (exact) mass is 303 g/mol. The fourth-order valence-corrected chi connectivity index (χ4v) is 2.46. The first kappa shape index (κ1) is 15.8. The second-order valence-corrected chi connectivity index (χ2v) is 6.08. The van der Waals surface area contributed by atoms with Crippen molar-refractivity contribution in [2.75, 3.05) is 23.4 Å². The number of nitrogens with two attached hydrogens (primary N) is 1. The lowest BCUT2D eigenvalue weighted by molar-refractivity contribution is -0.141. The Hall–Kier alpha value is -1.57. The first-order chi connectivity index (χ1) is 9.71. The van der Waals surface area contributed by atoms with Crippen LogP contribution < -0.4 is 16.2 Å². The SMILES string of the molecule is CC1(C)CCCN(c2cc(C(F)(F)F)nc(NN)n2)CC1. The third-order valence-electron chi connectivity index (χ3n) is 3.80. The highest BCUT2D eigenvalue weighted by atomic mass is 19.4. The molecule has 3 N–H and O–H groups in total. The Morgan fingerprint density at radius 1 is 1.24 bits per heavy atom. The third-order valence-corrected chi connectivity index (χ3v) is 3.80. The van der Waals surface area contributed by atoms with E-state index in [0.29, 0.717) is 13.1 Å². The van der Waals surface area contributed by atoms with E-state index in [0.717, 1.165) is 25.3 Å². The average Bonchev–Trinajstić information content (AvgIpc) is 2.58. The molecular weight excluding hydrogens is 283 g/mol. The predicted molar refractivity (Wildman–Crippen MR) is 74.7 cm³/mol. The molecule has 0 unspecified atom stereocenters. The Balaban J connectivity index is 2.30. The van der Waals surface area contributed by atoms with E-state index in [4.69, 9.17) is 5.84 Å². The molecule has 0 spiro atoms. The minimum absolute atomic E-state index is 0.198.